The van der Waals surface area contributed by atoms with Gasteiger partial charge in [-0.2, -0.15) is 0 Å². The largest absolute Gasteiger partial charge is 0.454 e. The molecule has 2 heterocycles. The molecule has 1 aliphatic heterocycles. The third kappa shape index (κ3) is 4.85. The quantitative estimate of drug-likeness (QED) is 0.785. The van der Waals surface area contributed by atoms with Crippen molar-refractivity contribution in [2.75, 3.05) is 6.79 Å². The SMILES string of the molecule is O=C(NCc1ccncc1)C1CCC(C(=O)NCc2ccc3c(c2)OCO3)CC1. The summed E-state index contributed by atoms with van der Waals surface area (Å²) in [6.45, 7) is 1.21. The van der Waals surface area contributed by atoms with Crippen molar-refractivity contribution in [3.8, 4) is 11.5 Å². The summed E-state index contributed by atoms with van der Waals surface area (Å²) in [5.74, 6) is 1.53. The number of carbonyl (C=O) groups is 2. The van der Waals surface area contributed by atoms with E-state index in [1.54, 1.807) is 12.4 Å². The summed E-state index contributed by atoms with van der Waals surface area (Å²) in [7, 11) is 0. The average Bonchev–Trinajstić information content (AvgIpc) is 3.24. The van der Waals surface area contributed by atoms with Crippen LogP contribution in [0.15, 0.2) is 42.7 Å². The molecule has 1 aliphatic carbocycles. The molecule has 4 rings (SSSR count). The fourth-order valence-electron chi connectivity index (χ4n) is 3.84. The molecule has 2 N–H and O–H groups in total. The van der Waals surface area contributed by atoms with Crippen LogP contribution in [0.4, 0.5) is 0 Å². The van der Waals surface area contributed by atoms with E-state index in [0.29, 0.717) is 13.1 Å². The Labute approximate surface area is 169 Å². The summed E-state index contributed by atoms with van der Waals surface area (Å²) in [5.41, 5.74) is 2.01. The van der Waals surface area contributed by atoms with E-state index in [0.717, 1.165) is 48.3 Å². The fourth-order valence-corrected chi connectivity index (χ4v) is 3.84. The van der Waals surface area contributed by atoms with Gasteiger partial charge in [-0.25, -0.2) is 0 Å². The number of nitrogens with zero attached hydrogens (tertiary/aromatic N) is 1. The number of hydrogen-bond donors (Lipinski definition) is 2. The van der Waals surface area contributed by atoms with Crippen molar-refractivity contribution in [1.82, 2.24) is 15.6 Å². The molecule has 1 saturated carbocycles. The van der Waals surface area contributed by atoms with Crippen LogP contribution in [0.5, 0.6) is 11.5 Å². The second-order valence-electron chi connectivity index (χ2n) is 7.53. The lowest BCUT2D eigenvalue weighted by Gasteiger charge is -2.27. The van der Waals surface area contributed by atoms with Crippen molar-refractivity contribution < 1.29 is 19.1 Å². The number of benzene rings is 1. The molecule has 0 saturated heterocycles. The highest BCUT2D eigenvalue weighted by atomic mass is 16.7. The van der Waals surface area contributed by atoms with Crippen LogP contribution in [-0.2, 0) is 22.7 Å². The van der Waals surface area contributed by atoms with Crippen LogP contribution in [0.25, 0.3) is 0 Å². The van der Waals surface area contributed by atoms with Gasteiger partial charge in [-0.15, -0.1) is 0 Å². The van der Waals surface area contributed by atoms with Crippen molar-refractivity contribution in [3.05, 3.63) is 53.9 Å². The summed E-state index contributed by atoms with van der Waals surface area (Å²) in [4.78, 5) is 28.9. The van der Waals surface area contributed by atoms with Gasteiger partial charge in [0, 0.05) is 37.3 Å². The molecule has 0 bridgehead atoms. The van der Waals surface area contributed by atoms with Crippen LogP contribution in [-0.4, -0.2) is 23.6 Å². The molecular formula is C22H25N3O4. The van der Waals surface area contributed by atoms with Gasteiger partial charge in [0.05, 0.1) is 0 Å². The maximum Gasteiger partial charge on any atom is 0.231 e. The number of carbonyl (C=O) groups excluding carboxylic acids is 2. The number of aromatic nitrogens is 1. The summed E-state index contributed by atoms with van der Waals surface area (Å²) in [5, 5.41) is 6.00. The van der Waals surface area contributed by atoms with E-state index in [4.69, 9.17) is 9.47 Å². The smallest absolute Gasteiger partial charge is 0.231 e. The van der Waals surface area contributed by atoms with E-state index in [1.807, 2.05) is 30.3 Å². The van der Waals surface area contributed by atoms with Crippen molar-refractivity contribution >= 4 is 11.8 Å². The third-order valence-electron chi connectivity index (χ3n) is 5.59. The van der Waals surface area contributed by atoms with E-state index >= 15 is 0 Å². The Kier molecular flexibility index (Phi) is 5.93. The third-order valence-corrected chi connectivity index (χ3v) is 5.59. The molecule has 2 aliphatic rings. The van der Waals surface area contributed by atoms with Crippen LogP contribution in [0.2, 0.25) is 0 Å². The minimum atomic E-state index is -0.0340. The fraction of sp³-hybridized carbons (Fsp3) is 0.409. The first-order valence-corrected chi connectivity index (χ1v) is 10.0. The first kappa shape index (κ1) is 19.2. The predicted octanol–water partition coefficient (Wildman–Crippen LogP) is 2.55. The highest BCUT2D eigenvalue weighted by Crippen LogP contribution is 2.33. The van der Waals surface area contributed by atoms with Crippen molar-refractivity contribution in [3.63, 3.8) is 0 Å². The van der Waals surface area contributed by atoms with Gasteiger partial charge in [0.15, 0.2) is 11.5 Å². The molecule has 2 aromatic rings. The molecule has 0 spiro atoms. The summed E-state index contributed by atoms with van der Waals surface area (Å²) in [6, 6.07) is 9.47. The Balaban J connectivity index is 1.19. The highest BCUT2D eigenvalue weighted by molar-refractivity contribution is 5.81. The van der Waals surface area contributed by atoms with E-state index in [1.165, 1.54) is 0 Å². The molecule has 0 atom stereocenters. The molecule has 0 unspecified atom stereocenters. The molecule has 152 valence electrons. The molecule has 1 aromatic heterocycles. The number of hydrogen-bond acceptors (Lipinski definition) is 5. The monoisotopic (exact) mass is 395 g/mol. The number of nitrogens with one attached hydrogen (secondary N) is 2. The molecule has 7 nitrogen and oxygen atoms in total. The molecule has 0 radical (unpaired) electrons. The molecule has 7 heteroatoms. The molecule has 2 amide bonds. The van der Waals surface area contributed by atoms with Gasteiger partial charge in [0.1, 0.15) is 0 Å². The van der Waals surface area contributed by atoms with Crippen LogP contribution >= 0.6 is 0 Å². The van der Waals surface area contributed by atoms with Gasteiger partial charge in [0.25, 0.3) is 0 Å². The maximum absolute atomic E-state index is 12.5. The lowest BCUT2D eigenvalue weighted by Crippen LogP contribution is -2.37. The molecule has 1 aromatic carbocycles. The number of fused-ring (bicyclic) bond motifs is 1. The summed E-state index contributed by atoms with van der Waals surface area (Å²) >= 11 is 0. The highest BCUT2D eigenvalue weighted by Gasteiger charge is 2.29. The maximum atomic E-state index is 12.5. The average molecular weight is 395 g/mol. The molecule has 29 heavy (non-hydrogen) atoms. The molecule has 1 fully saturated rings. The first-order chi connectivity index (χ1) is 14.2. The summed E-state index contributed by atoms with van der Waals surface area (Å²) < 4.78 is 10.7. The normalized spacial score (nSPS) is 20.1. The van der Waals surface area contributed by atoms with Crippen molar-refractivity contribution in [2.45, 2.75) is 38.8 Å². The zero-order valence-electron chi connectivity index (χ0n) is 16.2. The van der Waals surface area contributed by atoms with Gasteiger partial charge >= 0.3 is 0 Å². The van der Waals surface area contributed by atoms with E-state index in [2.05, 4.69) is 15.6 Å². The van der Waals surface area contributed by atoms with Gasteiger partial charge in [-0.05, 0) is 61.1 Å². The second kappa shape index (κ2) is 8.94. The van der Waals surface area contributed by atoms with Crippen LogP contribution in [0, 0.1) is 11.8 Å². The first-order valence-electron chi connectivity index (χ1n) is 10.0. The summed E-state index contributed by atoms with van der Waals surface area (Å²) in [6.07, 6.45) is 6.39. The van der Waals surface area contributed by atoms with Gasteiger partial charge < -0.3 is 20.1 Å². The predicted molar refractivity (Wildman–Crippen MR) is 106 cm³/mol. The Hall–Kier alpha value is -3.09. The minimum Gasteiger partial charge on any atom is -0.454 e. The zero-order chi connectivity index (χ0) is 20.1. The zero-order valence-corrected chi connectivity index (χ0v) is 16.2. The Morgan fingerprint density at radius 3 is 2.07 bits per heavy atom. The lowest BCUT2D eigenvalue weighted by atomic mass is 9.81. The Morgan fingerprint density at radius 2 is 1.41 bits per heavy atom. The van der Waals surface area contributed by atoms with Crippen LogP contribution in [0.1, 0.15) is 36.8 Å². The lowest BCUT2D eigenvalue weighted by molar-refractivity contribution is -0.130. The van der Waals surface area contributed by atoms with E-state index in [-0.39, 0.29) is 30.4 Å². The Morgan fingerprint density at radius 1 is 0.828 bits per heavy atom. The van der Waals surface area contributed by atoms with Crippen molar-refractivity contribution in [1.29, 1.82) is 0 Å². The standard InChI is InChI=1S/C22H25N3O4/c26-21(24-12-15-7-9-23-10-8-15)17-2-4-18(5-3-17)22(27)25-13-16-1-6-19-20(11-16)29-14-28-19/h1,6-11,17-18H,2-5,12-14H2,(H,24,26)(H,25,27). The Bertz CT molecular complexity index is 864. The van der Waals surface area contributed by atoms with Gasteiger partial charge in [-0.3, -0.25) is 14.6 Å². The van der Waals surface area contributed by atoms with Crippen LogP contribution < -0.4 is 20.1 Å². The molecular weight excluding hydrogens is 370 g/mol. The van der Waals surface area contributed by atoms with Gasteiger partial charge in [0.2, 0.25) is 18.6 Å². The number of amides is 2. The second-order valence-corrected chi connectivity index (χ2v) is 7.53. The van der Waals surface area contributed by atoms with E-state index in [9.17, 15) is 9.59 Å². The topological polar surface area (TPSA) is 89.6 Å². The number of ether oxygens (including phenoxy) is 2. The van der Waals surface area contributed by atoms with Crippen LogP contribution in [0.3, 0.4) is 0 Å². The number of pyridine rings is 1. The minimum absolute atomic E-state index is 0.0188. The van der Waals surface area contributed by atoms with Gasteiger partial charge in [-0.1, -0.05) is 6.07 Å². The number of rotatable bonds is 6. The van der Waals surface area contributed by atoms with Crippen molar-refractivity contribution in [2.24, 2.45) is 11.8 Å². The van der Waals surface area contributed by atoms with E-state index < -0.39 is 0 Å².